The standard InChI is InChI=1S/C23H23N3O5/c1-29-22-9-4-5-10-23(22)31-16-6-15-30-21-8-3-2-7-18(21)17-24-25-19-11-13-20(14-12-19)26(27)28/h2-5,7-14,17,25H,6,15-16H2,1H3/b24-17+. The minimum Gasteiger partial charge on any atom is -0.493 e. The Kier molecular flexibility index (Phi) is 7.82. The van der Waals surface area contributed by atoms with Crippen LogP contribution in [-0.2, 0) is 0 Å². The summed E-state index contributed by atoms with van der Waals surface area (Å²) in [6.07, 6.45) is 2.34. The Labute approximate surface area is 180 Å². The molecular weight excluding hydrogens is 398 g/mol. The van der Waals surface area contributed by atoms with Crippen molar-refractivity contribution in [1.29, 1.82) is 0 Å². The minimum atomic E-state index is -0.442. The van der Waals surface area contributed by atoms with Crippen molar-refractivity contribution in [3.63, 3.8) is 0 Å². The SMILES string of the molecule is COc1ccccc1OCCCOc1ccccc1/C=N/Nc1ccc([N+](=O)[O-])cc1. The average Bonchev–Trinajstić information content (AvgIpc) is 2.80. The third-order valence-corrected chi connectivity index (χ3v) is 4.27. The van der Waals surface area contributed by atoms with Gasteiger partial charge in [-0.05, 0) is 36.4 Å². The maximum absolute atomic E-state index is 10.7. The minimum absolute atomic E-state index is 0.0305. The molecule has 0 radical (unpaired) electrons. The third kappa shape index (κ3) is 6.46. The first-order chi connectivity index (χ1) is 15.2. The highest BCUT2D eigenvalue weighted by Crippen LogP contribution is 2.25. The van der Waals surface area contributed by atoms with Crippen LogP contribution in [0.1, 0.15) is 12.0 Å². The van der Waals surface area contributed by atoms with Crippen LogP contribution in [0.3, 0.4) is 0 Å². The van der Waals surface area contributed by atoms with Gasteiger partial charge in [0.05, 0.1) is 37.1 Å². The van der Waals surface area contributed by atoms with Gasteiger partial charge in [-0.15, -0.1) is 0 Å². The van der Waals surface area contributed by atoms with E-state index in [0.29, 0.717) is 42.6 Å². The summed E-state index contributed by atoms with van der Waals surface area (Å²) in [6, 6.07) is 21.1. The number of nitrogens with zero attached hydrogens (tertiary/aromatic N) is 2. The molecule has 3 aromatic carbocycles. The number of methoxy groups -OCH3 is 1. The van der Waals surface area contributed by atoms with Crippen LogP contribution in [0.4, 0.5) is 11.4 Å². The normalized spacial score (nSPS) is 10.6. The molecule has 0 aromatic heterocycles. The number of rotatable bonds is 11. The number of anilines is 1. The van der Waals surface area contributed by atoms with Crippen molar-refractivity contribution < 1.29 is 19.1 Å². The largest absolute Gasteiger partial charge is 0.493 e. The van der Waals surface area contributed by atoms with E-state index < -0.39 is 4.92 Å². The van der Waals surface area contributed by atoms with Crippen LogP contribution in [0, 0.1) is 10.1 Å². The fourth-order valence-electron chi connectivity index (χ4n) is 2.71. The maximum Gasteiger partial charge on any atom is 0.269 e. The van der Waals surface area contributed by atoms with Crippen LogP contribution < -0.4 is 19.6 Å². The van der Waals surface area contributed by atoms with Crippen molar-refractivity contribution in [2.24, 2.45) is 5.10 Å². The second kappa shape index (κ2) is 11.2. The molecule has 0 heterocycles. The van der Waals surface area contributed by atoms with Gasteiger partial charge in [0, 0.05) is 24.1 Å². The lowest BCUT2D eigenvalue weighted by Gasteiger charge is -2.11. The first-order valence-corrected chi connectivity index (χ1v) is 9.68. The summed E-state index contributed by atoms with van der Waals surface area (Å²) in [5.41, 5.74) is 4.34. The number of non-ortho nitro benzene ring substituents is 1. The Bertz CT molecular complexity index is 1020. The van der Waals surface area contributed by atoms with E-state index in [0.717, 1.165) is 5.56 Å². The summed E-state index contributed by atoms with van der Waals surface area (Å²) in [6.45, 7) is 0.980. The van der Waals surface area contributed by atoms with E-state index in [1.54, 1.807) is 25.5 Å². The Morgan fingerprint density at radius 2 is 1.52 bits per heavy atom. The number of nitrogens with one attached hydrogen (secondary N) is 1. The second-order valence-corrected chi connectivity index (χ2v) is 6.41. The summed E-state index contributed by atoms with van der Waals surface area (Å²) < 4.78 is 16.9. The van der Waals surface area contributed by atoms with Crippen molar-refractivity contribution in [3.05, 3.63) is 88.5 Å². The van der Waals surface area contributed by atoms with Crippen molar-refractivity contribution in [2.75, 3.05) is 25.7 Å². The fourth-order valence-corrected chi connectivity index (χ4v) is 2.71. The number of nitro benzene ring substituents is 1. The molecule has 0 aliphatic rings. The maximum atomic E-state index is 10.7. The molecule has 0 amide bonds. The molecule has 8 heteroatoms. The van der Waals surface area contributed by atoms with Crippen LogP contribution in [-0.4, -0.2) is 31.5 Å². The molecule has 160 valence electrons. The van der Waals surface area contributed by atoms with Gasteiger partial charge >= 0.3 is 0 Å². The quantitative estimate of drug-likeness (QED) is 0.205. The molecule has 0 unspecified atom stereocenters. The van der Waals surface area contributed by atoms with Crippen LogP contribution in [0.5, 0.6) is 17.2 Å². The highest BCUT2D eigenvalue weighted by Gasteiger charge is 2.05. The van der Waals surface area contributed by atoms with E-state index in [1.807, 2.05) is 48.5 Å². The lowest BCUT2D eigenvalue weighted by atomic mass is 10.2. The zero-order valence-electron chi connectivity index (χ0n) is 17.1. The molecule has 0 aliphatic carbocycles. The lowest BCUT2D eigenvalue weighted by Crippen LogP contribution is -2.06. The number of benzene rings is 3. The number of ether oxygens (including phenoxy) is 3. The highest BCUT2D eigenvalue weighted by molar-refractivity contribution is 5.84. The number of hydrogen-bond donors (Lipinski definition) is 1. The van der Waals surface area contributed by atoms with Gasteiger partial charge in [0.1, 0.15) is 5.75 Å². The van der Waals surface area contributed by atoms with E-state index in [1.165, 1.54) is 12.1 Å². The molecule has 0 saturated heterocycles. The monoisotopic (exact) mass is 421 g/mol. The molecule has 0 saturated carbocycles. The van der Waals surface area contributed by atoms with Gasteiger partial charge in [0.2, 0.25) is 0 Å². The van der Waals surface area contributed by atoms with Gasteiger partial charge in [-0.1, -0.05) is 24.3 Å². The summed E-state index contributed by atoms with van der Waals surface area (Å²) in [5.74, 6) is 2.11. The Hall–Kier alpha value is -4.07. The Morgan fingerprint density at radius 1 is 0.903 bits per heavy atom. The van der Waals surface area contributed by atoms with Crippen LogP contribution in [0.2, 0.25) is 0 Å². The Balaban J connectivity index is 1.48. The van der Waals surface area contributed by atoms with Crippen molar-refractivity contribution in [3.8, 4) is 17.2 Å². The van der Waals surface area contributed by atoms with E-state index in [2.05, 4.69) is 10.5 Å². The summed E-state index contributed by atoms with van der Waals surface area (Å²) in [7, 11) is 1.61. The predicted octanol–water partition coefficient (Wildman–Crippen LogP) is 4.90. The van der Waals surface area contributed by atoms with Crippen molar-refractivity contribution in [2.45, 2.75) is 6.42 Å². The number of hydrogen-bond acceptors (Lipinski definition) is 7. The molecule has 3 rings (SSSR count). The summed E-state index contributed by atoms with van der Waals surface area (Å²) in [5, 5.41) is 14.9. The van der Waals surface area contributed by atoms with Gasteiger partial charge in [-0.25, -0.2) is 0 Å². The number of hydrazone groups is 1. The summed E-state index contributed by atoms with van der Waals surface area (Å²) in [4.78, 5) is 10.3. The second-order valence-electron chi connectivity index (χ2n) is 6.41. The molecule has 1 N–H and O–H groups in total. The van der Waals surface area contributed by atoms with E-state index in [-0.39, 0.29) is 5.69 Å². The van der Waals surface area contributed by atoms with Gasteiger partial charge in [0.15, 0.2) is 11.5 Å². The fraction of sp³-hybridized carbons (Fsp3) is 0.174. The molecule has 0 atom stereocenters. The van der Waals surface area contributed by atoms with Crippen molar-refractivity contribution >= 4 is 17.6 Å². The molecule has 8 nitrogen and oxygen atoms in total. The van der Waals surface area contributed by atoms with E-state index in [4.69, 9.17) is 14.2 Å². The van der Waals surface area contributed by atoms with Crippen molar-refractivity contribution in [1.82, 2.24) is 0 Å². The van der Waals surface area contributed by atoms with E-state index in [9.17, 15) is 10.1 Å². The first kappa shape index (κ1) is 21.6. The molecule has 0 spiro atoms. The Morgan fingerprint density at radius 3 is 2.19 bits per heavy atom. The van der Waals surface area contributed by atoms with E-state index >= 15 is 0 Å². The van der Waals surface area contributed by atoms with Gasteiger partial charge in [-0.3, -0.25) is 15.5 Å². The molecule has 0 bridgehead atoms. The zero-order valence-corrected chi connectivity index (χ0v) is 17.1. The topological polar surface area (TPSA) is 95.2 Å². The molecular formula is C23H23N3O5. The van der Waals surface area contributed by atoms with Gasteiger partial charge in [-0.2, -0.15) is 5.10 Å². The van der Waals surface area contributed by atoms with Crippen LogP contribution in [0.25, 0.3) is 0 Å². The smallest absolute Gasteiger partial charge is 0.269 e. The van der Waals surface area contributed by atoms with Gasteiger partial charge < -0.3 is 14.2 Å². The zero-order chi connectivity index (χ0) is 21.9. The molecule has 0 aliphatic heterocycles. The average molecular weight is 421 g/mol. The third-order valence-electron chi connectivity index (χ3n) is 4.27. The molecule has 0 fully saturated rings. The first-order valence-electron chi connectivity index (χ1n) is 9.68. The number of para-hydroxylation sites is 3. The highest BCUT2D eigenvalue weighted by atomic mass is 16.6. The predicted molar refractivity (Wildman–Crippen MR) is 119 cm³/mol. The van der Waals surface area contributed by atoms with Crippen LogP contribution >= 0.6 is 0 Å². The number of nitro groups is 1. The molecule has 31 heavy (non-hydrogen) atoms. The lowest BCUT2D eigenvalue weighted by molar-refractivity contribution is -0.384. The van der Waals surface area contributed by atoms with Crippen LogP contribution in [0.15, 0.2) is 77.9 Å². The van der Waals surface area contributed by atoms with Gasteiger partial charge in [0.25, 0.3) is 5.69 Å². The summed E-state index contributed by atoms with van der Waals surface area (Å²) >= 11 is 0. The molecule has 3 aromatic rings.